The van der Waals surface area contributed by atoms with Gasteiger partial charge in [0.05, 0.1) is 21.3 Å². The van der Waals surface area contributed by atoms with Crippen LogP contribution in [0.4, 0.5) is 0 Å². The Morgan fingerprint density at radius 1 is 1.43 bits per heavy atom. The molecule has 5 nitrogen and oxygen atoms in total. The van der Waals surface area contributed by atoms with E-state index in [-0.39, 0.29) is 12.3 Å². The van der Waals surface area contributed by atoms with E-state index in [9.17, 15) is 9.59 Å². The Morgan fingerprint density at radius 3 is 2.76 bits per heavy atom. The minimum Gasteiger partial charge on any atom is -0.480 e. The third kappa shape index (κ3) is 3.09. The fourth-order valence-corrected chi connectivity index (χ4v) is 3.86. The lowest BCUT2D eigenvalue weighted by Gasteiger charge is -2.11. The van der Waals surface area contributed by atoms with Crippen LogP contribution in [0.15, 0.2) is 17.5 Å². The highest BCUT2D eigenvalue weighted by Crippen LogP contribution is 2.36. The van der Waals surface area contributed by atoms with E-state index in [1.807, 2.05) is 11.4 Å². The molecule has 110 valence electrons. The summed E-state index contributed by atoms with van der Waals surface area (Å²) >= 11 is 8.76. The Kier molecular flexibility index (Phi) is 3.73. The first-order valence-corrected chi connectivity index (χ1v) is 8.30. The maximum Gasteiger partial charge on any atom is 0.329 e. The Balaban J connectivity index is 1.65. The number of hydrogen-bond donors (Lipinski definition) is 2. The third-order valence-electron chi connectivity index (χ3n) is 3.22. The highest BCUT2D eigenvalue weighted by molar-refractivity contribution is 7.23. The number of nitrogens with one attached hydrogen (secondary N) is 1. The number of carboxylic acids is 1. The molecule has 1 fully saturated rings. The molecular weight excluding hydrogens is 332 g/mol. The maximum absolute atomic E-state index is 11.9. The van der Waals surface area contributed by atoms with E-state index >= 15 is 0 Å². The Labute approximate surface area is 133 Å². The second-order valence-corrected chi connectivity index (χ2v) is 7.43. The van der Waals surface area contributed by atoms with Gasteiger partial charge in [0.15, 0.2) is 0 Å². The number of carboxylic acid groups (broad SMARTS) is 1. The van der Waals surface area contributed by atoms with Crippen molar-refractivity contribution < 1.29 is 14.7 Å². The molecule has 0 atom stereocenters. The largest absolute Gasteiger partial charge is 0.480 e. The highest BCUT2D eigenvalue weighted by atomic mass is 35.5. The van der Waals surface area contributed by atoms with Crippen LogP contribution in [0.2, 0.25) is 4.34 Å². The lowest BCUT2D eigenvalue weighted by Crippen LogP contribution is -2.43. The van der Waals surface area contributed by atoms with Crippen molar-refractivity contribution in [3.63, 3.8) is 0 Å². The highest BCUT2D eigenvalue weighted by Gasteiger charge is 2.51. The van der Waals surface area contributed by atoms with Crippen LogP contribution in [-0.4, -0.2) is 27.5 Å². The van der Waals surface area contributed by atoms with Crippen LogP contribution in [0, 0.1) is 0 Å². The SMILES string of the molecule is O=C(Cc1csc(-c2ccc(Cl)s2)n1)NC1(C(=O)O)CC1. The molecule has 2 aromatic heterocycles. The Hall–Kier alpha value is -1.44. The molecule has 0 radical (unpaired) electrons. The Bertz CT molecular complexity index is 706. The zero-order valence-corrected chi connectivity index (χ0v) is 13.1. The van der Waals surface area contributed by atoms with Crippen LogP contribution in [0.5, 0.6) is 0 Å². The summed E-state index contributed by atoms with van der Waals surface area (Å²) in [4.78, 5) is 28.3. The number of thiazole rings is 1. The number of amides is 1. The van der Waals surface area contributed by atoms with Crippen LogP contribution in [-0.2, 0) is 16.0 Å². The minimum absolute atomic E-state index is 0.0879. The molecule has 0 unspecified atom stereocenters. The summed E-state index contributed by atoms with van der Waals surface area (Å²) in [5.74, 6) is -1.28. The van der Waals surface area contributed by atoms with Crippen molar-refractivity contribution in [2.24, 2.45) is 0 Å². The molecule has 0 aliphatic heterocycles. The minimum atomic E-state index is -1.04. The standard InChI is InChI=1S/C13H11ClN2O3S2/c14-9-2-1-8(21-9)11-15-7(6-20-11)5-10(17)16-13(3-4-13)12(18)19/h1-2,6H,3-5H2,(H,16,17)(H,18,19). The summed E-state index contributed by atoms with van der Waals surface area (Å²) in [6, 6.07) is 3.69. The first kappa shape index (κ1) is 14.5. The molecule has 0 saturated heterocycles. The number of thiophene rings is 1. The first-order chi connectivity index (χ1) is 9.98. The van der Waals surface area contributed by atoms with Gasteiger partial charge in [-0.3, -0.25) is 4.79 Å². The van der Waals surface area contributed by atoms with Crippen molar-refractivity contribution in [2.75, 3.05) is 0 Å². The second kappa shape index (κ2) is 5.40. The van der Waals surface area contributed by atoms with Gasteiger partial charge in [-0.25, -0.2) is 9.78 Å². The number of nitrogens with zero attached hydrogens (tertiary/aromatic N) is 1. The van der Waals surface area contributed by atoms with Gasteiger partial charge in [0, 0.05) is 5.38 Å². The predicted octanol–water partition coefficient (Wildman–Crippen LogP) is 2.80. The summed E-state index contributed by atoms with van der Waals surface area (Å²) in [5.41, 5.74) is -0.407. The van der Waals surface area contributed by atoms with Crippen LogP contribution < -0.4 is 5.32 Å². The fraction of sp³-hybridized carbons (Fsp3) is 0.308. The van der Waals surface area contributed by atoms with Gasteiger partial charge >= 0.3 is 5.97 Å². The van der Waals surface area contributed by atoms with Gasteiger partial charge in [-0.2, -0.15) is 0 Å². The number of hydrogen-bond acceptors (Lipinski definition) is 5. The van der Waals surface area contributed by atoms with Gasteiger partial charge in [-0.1, -0.05) is 11.6 Å². The average Bonchev–Trinajstić information content (AvgIpc) is 2.84. The van der Waals surface area contributed by atoms with E-state index in [2.05, 4.69) is 10.3 Å². The van der Waals surface area contributed by atoms with E-state index in [1.165, 1.54) is 22.7 Å². The van der Waals surface area contributed by atoms with Crippen LogP contribution in [0.25, 0.3) is 9.88 Å². The molecular formula is C13H11ClN2O3S2. The van der Waals surface area contributed by atoms with E-state index < -0.39 is 11.5 Å². The second-order valence-electron chi connectivity index (χ2n) is 4.86. The number of rotatable bonds is 5. The van der Waals surface area contributed by atoms with Crippen molar-refractivity contribution in [3.8, 4) is 9.88 Å². The predicted molar refractivity (Wildman–Crippen MR) is 81.9 cm³/mol. The zero-order chi connectivity index (χ0) is 15.0. The molecule has 0 aromatic carbocycles. The fourth-order valence-electron chi connectivity index (χ4n) is 1.92. The molecule has 3 rings (SSSR count). The lowest BCUT2D eigenvalue weighted by atomic mass is 10.2. The van der Waals surface area contributed by atoms with Gasteiger partial charge in [-0.05, 0) is 25.0 Å². The third-order valence-corrected chi connectivity index (χ3v) is 5.51. The molecule has 1 aliphatic carbocycles. The maximum atomic E-state index is 11.9. The number of aromatic nitrogens is 1. The van der Waals surface area contributed by atoms with E-state index in [0.717, 1.165) is 9.88 Å². The number of carbonyl (C=O) groups is 2. The molecule has 2 heterocycles. The Morgan fingerprint density at radius 2 is 2.19 bits per heavy atom. The lowest BCUT2D eigenvalue weighted by molar-refractivity contribution is -0.143. The van der Waals surface area contributed by atoms with E-state index in [1.54, 1.807) is 6.07 Å². The number of aliphatic carboxylic acids is 1. The monoisotopic (exact) mass is 342 g/mol. The van der Waals surface area contributed by atoms with Gasteiger partial charge in [-0.15, -0.1) is 22.7 Å². The molecule has 1 aliphatic rings. The summed E-state index contributed by atoms with van der Waals surface area (Å²) < 4.78 is 0.691. The molecule has 1 amide bonds. The van der Waals surface area contributed by atoms with Crippen molar-refractivity contribution in [1.82, 2.24) is 10.3 Å². The first-order valence-electron chi connectivity index (χ1n) is 6.23. The van der Waals surface area contributed by atoms with Gasteiger partial charge in [0.2, 0.25) is 5.91 Å². The van der Waals surface area contributed by atoms with Crippen molar-refractivity contribution >= 4 is 46.2 Å². The summed E-state index contributed by atoms with van der Waals surface area (Å²) in [5, 5.41) is 14.2. The summed E-state index contributed by atoms with van der Waals surface area (Å²) in [7, 11) is 0. The van der Waals surface area contributed by atoms with Crippen molar-refractivity contribution in [1.29, 1.82) is 0 Å². The van der Waals surface area contributed by atoms with Crippen LogP contribution in [0.1, 0.15) is 18.5 Å². The normalized spacial score (nSPS) is 15.7. The smallest absolute Gasteiger partial charge is 0.329 e. The molecule has 2 N–H and O–H groups in total. The van der Waals surface area contributed by atoms with E-state index in [0.29, 0.717) is 22.9 Å². The van der Waals surface area contributed by atoms with Crippen molar-refractivity contribution in [2.45, 2.75) is 24.8 Å². The summed E-state index contributed by atoms with van der Waals surface area (Å²) in [6.45, 7) is 0. The molecule has 1 saturated carbocycles. The quantitative estimate of drug-likeness (QED) is 0.875. The number of halogens is 1. The molecule has 0 spiro atoms. The molecule has 2 aromatic rings. The average molecular weight is 343 g/mol. The van der Waals surface area contributed by atoms with Gasteiger partial charge in [0.25, 0.3) is 0 Å². The molecule has 0 bridgehead atoms. The van der Waals surface area contributed by atoms with Crippen molar-refractivity contribution in [3.05, 3.63) is 27.5 Å². The van der Waals surface area contributed by atoms with Gasteiger partial charge < -0.3 is 10.4 Å². The van der Waals surface area contributed by atoms with E-state index in [4.69, 9.17) is 16.7 Å². The topological polar surface area (TPSA) is 79.3 Å². The number of carbonyl (C=O) groups excluding carboxylic acids is 1. The van der Waals surface area contributed by atoms with Crippen LogP contribution in [0.3, 0.4) is 0 Å². The molecule has 8 heteroatoms. The summed E-state index contributed by atoms with van der Waals surface area (Å²) in [6.07, 6.45) is 1.07. The zero-order valence-electron chi connectivity index (χ0n) is 10.8. The van der Waals surface area contributed by atoms with Gasteiger partial charge in [0.1, 0.15) is 10.5 Å². The molecule has 21 heavy (non-hydrogen) atoms. The van der Waals surface area contributed by atoms with Crippen LogP contribution >= 0.6 is 34.3 Å².